The Labute approximate surface area is 127 Å². The van der Waals surface area contributed by atoms with Gasteiger partial charge in [0.2, 0.25) is 0 Å². The lowest BCUT2D eigenvalue weighted by molar-refractivity contribution is -0.0113. The number of hydrogen-bond donors (Lipinski definition) is 1. The van der Waals surface area contributed by atoms with Gasteiger partial charge in [-0.3, -0.25) is 0 Å². The van der Waals surface area contributed by atoms with Gasteiger partial charge in [-0.15, -0.1) is 0 Å². The van der Waals surface area contributed by atoms with Crippen LogP contribution in [-0.4, -0.2) is 54.5 Å². The monoisotopic (exact) mass is 296 g/mol. The van der Waals surface area contributed by atoms with Crippen LogP contribution < -0.4 is 5.32 Å². The fraction of sp³-hybridized carbons (Fsp3) is 0.938. The second-order valence-corrected chi connectivity index (χ2v) is 7.65. The van der Waals surface area contributed by atoms with Crippen molar-refractivity contribution in [3.05, 3.63) is 0 Å². The highest BCUT2D eigenvalue weighted by atomic mass is 16.6. The van der Waals surface area contributed by atoms with E-state index in [0.29, 0.717) is 30.0 Å². The van der Waals surface area contributed by atoms with Gasteiger partial charge in [-0.2, -0.15) is 0 Å². The zero-order valence-corrected chi connectivity index (χ0v) is 13.6. The van der Waals surface area contributed by atoms with Crippen LogP contribution in [0.2, 0.25) is 0 Å². The third kappa shape index (κ3) is 3.34. The largest absolute Gasteiger partial charge is 0.444 e. The summed E-state index contributed by atoms with van der Waals surface area (Å²) in [5, 5.41) is 3.73. The highest BCUT2D eigenvalue weighted by Gasteiger charge is 2.58. The molecule has 0 aromatic heterocycles. The molecule has 3 aliphatic rings. The van der Waals surface area contributed by atoms with Gasteiger partial charge in [0.1, 0.15) is 5.60 Å². The minimum Gasteiger partial charge on any atom is -0.444 e. The van der Waals surface area contributed by atoms with Crippen LogP contribution in [0, 0.1) is 11.8 Å². The fourth-order valence-electron chi connectivity index (χ4n) is 3.59. The molecule has 1 aliphatic heterocycles. The lowest BCUT2D eigenvalue weighted by atomic mass is 9.89. The third-order valence-corrected chi connectivity index (χ3v) is 4.77. The minimum atomic E-state index is -0.401. The SMILES string of the molecule is CCOC1CC(NC2C3CN(C(=O)OC(C)(C)C)CC32)C1. The third-order valence-electron chi connectivity index (χ3n) is 4.77. The number of carbonyl (C=O) groups is 1. The first-order chi connectivity index (χ1) is 9.87. The highest BCUT2D eigenvalue weighted by molar-refractivity contribution is 5.69. The van der Waals surface area contributed by atoms with E-state index in [9.17, 15) is 4.79 Å². The Bertz CT molecular complexity index is 389. The molecule has 0 radical (unpaired) electrons. The Morgan fingerprint density at radius 1 is 1.24 bits per heavy atom. The molecule has 5 nitrogen and oxygen atoms in total. The number of carbonyl (C=O) groups excluding carboxylic acids is 1. The minimum absolute atomic E-state index is 0.159. The van der Waals surface area contributed by atoms with Gasteiger partial charge >= 0.3 is 6.09 Å². The molecule has 21 heavy (non-hydrogen) atoms. The van der Waals surface area contributed by atoms with E-state index in [-0.39, 0.29) is 6.09 Å². The Morgan fingerprint density at radius 3 is 2.38 bits per heavy atom. The Balaban J connectivity index is 1.36. The number of amides is 1. The molecule has 2 atom stereocenters. The van der Waals surface area contributed by atoms with Crippen molar-refractivity contribution in [3.8, 4) is 0 Å². The summed E-state index contributed by atoms with van der Waals surface area (Å²) in [7, 11) is 0. The van der Waals surface area contributed by atoms with Crippen molar-refractivity contribution in [2.24, 2.45) is 11.8 Å². The number of fused-ring (bicyclic) bond motifs is 1. The van der Waals surface area contributed by atoms with Crippen molar-refractivity contribution < 1.29 is 14.3 Å². The molecular weight excluding hydrogens is 268 g/mol. The van der Waals surface area contributed by atoms with Crippen molar-refractivity contribution in [3.63, 3.8) is 0 Å². The molecule has 2 aliphatic carbocycles. The maximum Gasteiger partial charge on any atom is 0.410 e. The van der Waals surface area contributed by atoms with E-state index in [1.165, 1.54) is 0 Å². The summed E-state index contributed by atoms with van der Waals surface area (Å²) in [4.78, 5) is 13.9. The lowest BCUT2D eigenvalue weighted by Gasteiger charge is -2.36. The van der Waals surface area contributed by atoms with Crippen LogP contribution in [0.3, 0.4) is 0 Å². The molecule has 1 amide bonds. The number of rotatable bonds is 4. The fourth-order valence-corrected chi connectivity index (χ4v) is 3.59. The van der Waals surface area contributed by atoms with E-state index < -0.39 is 5.60 Å². The van der Waals surface area contributed by atoms with Gasteiger partial charge in [-0.1, -0.05) is 0 Å². The normalized spacial score (nSPS) is 37.9. The second kappa shape index (κ2) is 5.43. The quantitative estimate of drug-likeness (QED) is 0.862. The van der Waals surface area contributed by atoms with Gasteiger partial charge in [0.25, 0.3) is 0 Å². The van der Waals surface area contributed by atoms with Crippen LogP contribution in [0.15, 0.2) is 0 Å². The Kier molecular flexibility index (Phi) is 3.91. The summed E-state index contributed by atoms with van der Waals surface area (Å²) in [6.45, 7) is 10.3. The maximum atomic E-state index is 12.0. The van der Waals surface area contributed by atoms with E-state index >= 15 is 0 Å². The number of piperidine rings is 1. The van der Waals surface area contributed by atoms with E-state index in [2.05, 4.69) is 12.2 Å². The Hall–Kier alpha value is -0.810. The maximum absolute atomic E-state index is 12.0. The van der Waals surface area contributed by atoms with Crippen LogP contribution in [0.5, 0.6) is 0 Å². The van der Waals surface area contributed by atoms with Gasteiger partial charge in [-0.25, -0.2) is 4.79 Å². The number of nitrogens with one attached hydrogen (secondary N) is 1. The molecule has 1 saturated heterocycles. The summed E-state index contributed by atoms with van der Waals surface area (Å²) in [6, 6.07) is 1.23. The van der Waals surface area contributed by atoms with Crippen LogP contribution >= 0.6 is 0 Å². The smallest absolute Gasteiger partial charge is 0.410 e. The van der Waals surface area contributed by atoms with Crippen LogP contribution in [0.1, 0.15) is 40.5 Å². The molecule has 2 unspecified atom stereocenters. The van der Waals surface area contributed by atoms with E-state index in [0.717, 1.165) is 32.5 Å². The van der Waals surface area contributed by atoms with Gasteiger partial charge in [0, 0.05) is 31.8 Å². The van der Waals surface area contributed by atoms with Gasteiger partial charge in [0.15, 0.2) is 0 Å². The van der Waals surface area contributed by atoms with E-state index in [1.54, 1.807) is 0 Å². The molecule has 2 saturated carbocycles. The molecule has 0 bridgehead atoms. The van der Waals surface area contributed by atoms with E-state index in [4.69, 9.17) is 9.47 Å². The molecule has 3 rings (SSSR count). The summed E-state index contributed by atoms with van der Waals surface area (Å²) in [5.74, 6) is 1.26. The van der Waals surface area contributed by atoms with Gasteiger partial charge in [0.05, 0.1) is 6.10 Å². The summed E-state index contributed by atoms with van der Waals surface area (Å²) < 4.78 is 11.0. The highest BCUT2D eigenvalue weighted by Crippen LogP contribution is 2.46. The predicted molar refractivity (Wildman–Crippen MR) is 80.1 cm³/mol. The molecule has 5 heteroatoms. The number of ether oxygens (including phenoxy) is 2. The predicted octanol–water partition coefficient (Wildman–Crippen LogP) is 2.01. The molecular formula is C16H28N2O3. The molecule has 0 aromatic rings. The summed E-state index contributed by atoms with van der Waals surface area (Å²) in [6.07, 6.45) is 2.58. The van der Waals surface area contributed by atoms with Crippen LogP contribution in [-0.2, 0) is 9.47 Å². The van der Waals surface area contributed by atoms with Crippen molar-refractivity contribution >= 4 is 6.09 Å². The average molecular weight is 296 g/mol. The zero-order chi connectivity index (χ0) is 15.2. The first-order valence-electron chi connectivity index (χ1n) is 8.23. The molecule has 3 fully saturated rings. The molecule has 0 aromatic carbocycles. The van der Waals surface area contributed by atoms with Gasteiger partial charge < -0.3 is 19.7 Å². The first kappa shape index (κ1) is 15.1. The van der Waals surface area contributed by atoms with Crippen molar-refractivity contribution in [1.82, 2.24) is 10.2 Å². The standard InChI is InChI=1S/C16H28N2O3/c1-5-20-11-6-10(7-11)17-14-12-8-18(9-13(12)14)15(19)21-16(2,3)4/h10-14,17H,5-9H2,1-4H3. The molecule has 0 spiro atoms. The first-order valence-corrected chi connectivity index (χ1v) is 8.23. The number of nitrogens with zero attached hydrogens (tertiary/aromatic N) is 1. The Morgan fingerprint density at radius 2 is 1.86 bits per heavy atom. The number of likely N-dealkylation sites (tertiary alicyclic amines) is 1. The second-order valence-electron chi connectivity index (χ2n) is 7.65. The molecule has 1 N–H and O–H groups in total. The average Bonchev–Trinajstić information content (AvgIpc) is 2.79. The molecule has 120 valence electrons. The summed E-state index contributed by atoms with van der Waals surface area (Å²) >= 11 is 0. The summed E-state index contributed by atoms with van der Waals surface area (Å²) in [5.41, 5.74) is -0.401. The zero-order valence-electron chi connectivity index (χ0n) is 13.6. The van der Waals surface area contributed by atoms with Gasteiger partial charge in [-0.05, 0) is 52.4 Å². The van der Waals surface area contributed by atoms with Crippen molar-refractivity contribution in [2.75, 3.05) is 19.7 Å². The topological polar surface area (TPSA) is 50.8 Å². The lowest BCUT2D eigenvalue weighted by Crippen LogP contribution is -2.48. The molecule has 1 heterocycles. The number of hydrogen-bond acceptors (Lipinski definition) is 4. The van der Waals surface area contributed by atoms with Crippen molar-refractivity contribution in [1.29, 1.82) is 0 Å². The van der Waals surface area contributed by atoms with Crippen LogP contribution in [0.4, 0.5) is 4.79 Å². The van der Waals surface area contributed by atoms with E-state index in [1.807, 2.05) is 25.7 Å². The van der Waals surface area contributed by atoms with Crippen molar-refractivity contribution in [2.45, 2.75) is 64.3 Å². The van der Waals surface area contributed by atoms with Crippen LogP contribution in [0.25, 0.3) is 0 Å².